The second-order valence-electron chi connectivity index (χ2n) is 6.42. The molecule has 1 saturated heterocycles. The van der Waals surface area contributed by atoms with Gasteiger partial charge in [0.15, 0.2) is 0 Å². The van der Waals surface area contributed by atoms with Crippen molar-refractivity contribution in [3.8, 4) is 0 Å². The monoisotopic (exact) mass is 315 g/mol. The number of aromatic nitrogens is 4. The van der Waals surface area contributed by atoms with E-state index in [4.69, 9.17) is 0 Å². The topological polar surface area (TPSA) is 56.0 Å². The van der Waals surface area contributed by atoms with E-state index in [0.29, 0.717) is 19.0 Å². The fraction of sp³-hybridized carbons (Fsp3) is 0.588. The molecule has 124 valence electrons. The lowest BCUT2D eigenvalue weighted by Crippen LogP contribution is -2.41. The standard InChI is InChI=1S/C17H25N5O/c1-13-11-14(2)22(19-13)9-6-17(23)20-8-4-5-16(12-20)21-10-7-18-15(21)3/h7,10-11,16H,4-6,8-9,12H2,1-3H3/t16-/m0/s1. The maximum atomic E-state index is 12.5. The average Bonchev–Trinajstić information content (AvgIpc) is 3.10. The van der Waals surface area contributed by atoms with Gasteiger partial charge in [-0.15, -0.1) is 0 Å². The van der Waals surface area contributed by atoms with Gasteiger partial charge in [0, 0.05) is 44.1 Å². The van der Waals surface area contributed by atoms with Crippen LogP contribution in [0.15, 0.2) is 18.5 Å². The van der Waals surface area contributed by atoms with Gasteiger partial charge in [0.25, 0.3) is 0 Å². The number of hydrogen-bond acceptors (Lipinski definition) is 3. The minimum absolute atomic E-state index is 0.222. The SMILES string of the molecule is Cc1cc(C)n(CCC(=O)N2CCC[C@H](n3ccnc3C)C2)n1. The molecule has 0 N–H and O–H groups in total. The van der Waals surface area contributed by atoms with E-state index in [1.807, 2.05) is 48.8 Å². The predicted octanol–water partition coefficient (Wildman–Crippen LogP) is 2.26. The molecule has 1 amide bonds. The first-order valence-corrected chi connectivity index (χ1v) is 8.33. The highest BCUT2D eigenvalue weighted by atomic mass is 16.2. The van der Waals surface area contributed by atoms with Crippen LogP contribution >= 0.6 is 0 Å². The molecule has 1 aliphatic heterocycles. The lowest BCUT2D eigenvalue weighted by atomic mass is 10.0. The van der Waals surface area contributed by atoms with Crippen LogP contribution in [0.3, 0.4) is 0 Å². The van der Waals surface area contributed by atoms with Crippen LogP contribution in [0.1, 0.15) is 42.5 Å². The summed E-state index contributed by atoms with van der Waals surface area (Å²) in [6.07, 6.45) is 6.52. The van der Waals surface area contributed by atoms with Gasteiger partial charge >= 0.3 is 0 Å². The summed E-state index contributed by atoms with van der Waals surface area (Å²) in [7, 11) is 0. The Morgan fingerprint density at radius 1 is 1.35 bits per heavy atom. The summed E-state index contributed by atoms with van der Waals surface area (Å²) in [6.45, 7) is 8.33. The lowest BCUT2D eigenvalue weighted by molar-refractivity contribution is -0.133. The first kappa shape index (κ1) is 15.8. The number of likely N-dealkylation sites (tertiary alicyclic amines) is 1. The Hall–Kier alpha value is -2.11. The Morgan fingerprint density at radius 3 is 2.83 bits per heavy atom. The van der Waals surface area contributed by atoms with Gasteiger partial charge in [-0.3, -0.25) is 9.48 Å². The molecule has 0 aromatic carbocycles. The van der Waals surface area contributed by atoms with Crippen molar-refractivity contribution in [1.82, 2.24) is 24.2 Å². The Morgan fingerprint density at radius 2 is 2.17 bits per heavy atom. The van der Waals surface area contributed by atoms with Gasteiger partial charge in [0.05, 0.1) is 11.7 Å². The fourth-order valence-corrected chi connectivity index (χ4v) is 3.44. The number of piperidine rings is 1. The van der Waals surface area contributed by atoms with E-state index < -0.39 is 0 Å². The first-order valence-electron chi connectivity index (χ1n) is 8.33. The highest BCUT2D eigenvalue weighted by molar-refractivity contribution is 5.76. The molecule has 0 radical (unpaired) electrons. The molecule has 0 bridgehead atoms. The van der Waals surface area contributed by atoms with E-state index in [1.165, 1.54) is 0 Å². The normalized spacial score (nSPS) is 18.4. The molecular weight excluding hydrogens is 290 g/mol. The molecule has 3 rings (SSSR count). The summed E-state index contributed by atoms with van der Waals surface area (Å²) in [4.78, 5) is 18.8. The lowest BCUT2D eigenvalue weighted by Gasteiger charge is -2.34. The number of carbonyl (C=O) groups excluding carboxylic acids is 1. The molecule has 1 atom stereocenters. The Bertz CT molecular complexity index is 687. The van der Waals surface area contributed by atoms with Crippen LogP contribution in [-0.4, -0.2) is 43.2 Å². The molecule has 6 heteroatoms. The molecule has 0 unspecified atom stereocenters. The maximum absolute atomic E-state index is 12.5. The molecule has 0 saturated carbocycles. The number of hydrogen-bond donors (Lipinski definition) is 0. The van der Waals surface area contributed by atoms with Gasteiger partial charge in [0.1, 0.15) is 5.82 Å². The third-order valence-corrected chi connectivity index (χ3v) is 4.65. The van der Waals surface area contributed by atoms with E-state index in [9.17, 15) is 4.79 Å². The highest BCUT2D eigenvalue weighted by Gasteiger charge is 2.25. The van der Waals surface area contributed by atoms with Gasteiger partial charge in [-0.05, 0) is 39.7 Å². The number of aryl methyl sites for hydroxylation is 4. The van der Waals surface area contributed by atoms with Crippen LogP contribution in [0.25, 0.3) is 0 Å². The molecule has 3 heterocycles. The predicted molar refractivity (Wildman–Crippen MR) is 88.1 cm³/mol. The second kappa shape index (κ2) is 6.56. The molecule has 2 aromatic heterocycles. The van der Waals surface area contributed by atoms with E-state index in [-0.39, 0.29) is 5.91 Å². The van der Waals surface area contributed by atoms with Gasteiger partial charge < -0.3 is 9.47 Å². The third-order valence-electron chi connectivity index (χ3n) is 4.65. The van der Waals surface area contributed by atoms with Crippen LogP contribution in [0, 0.1) is 20.8 Å². The number of nitrogens with zero attached hydrogens (tertiary/aromatic N) is 5. The van der Waals surface area contributed by atoms with Crippen LogP contribution in [0.4, 0.5) is 0 Å². The summed E-state index contributed by atoms with van der Waals surface area (Å²) < 4.78 is 4.12. The van der Waals surface area contributed by atoms with Crippen molar-refractivity contribution in [2.45, 2.75) is 52.6 Å². The Kier molecular flexibility index (Phi) is 4.50. The van der Waals surface area contributed by atoms with Crippen molar-refractivity contribution < 1.29 is 4.79 Å². The van der Waals surface area contributed by atoms with E-state index in [0.717, 1.165) is 43.1 Å². The number of amides is 1. The van der Waals surface area contributed by atoms with Gasteiger partial charge in [-0.2, -0.15) is 5.10 Å². The number of carbonyl (C=O) groups is 1. The van der Waals surface area contributed by atoms with E-state index in [2.05, 4.69) is 14.6 Å². The summed E-state index contributed by atoms with van der Waals surface area (Å²) in [6, 6.07) is 2.40. The van der Waals surface area contributed by atoms with Gasteiger partial charge in [-0.1, -0.05) is 0 Å². The van der Waals surface area contributed by atoms with Crippen LogP contribution in [-0.2, 0) is 11.3 Å². The molecule has 2 aromatic rings. The smallest absolute Gasteiger partial charge is 0.224 e. The van der Waals surface area contributed by atoms with E-state index >= 15 is 0 Å². The molecule has 1 aliphatic rings. The summed E-state index contributed by atoms with van der Waals surface area (Å²) in [5.74, 6) is 1.24. The molecule has 0 aliphatic carbocycles. The molecular formula is C17H25N5O. The molecule has 1 fully saturated rings. The minimum Gasteiger partial charge on any atom is -0.341 e. The fourth-order valence-electron chi connectivity index (χ4n) is 3.44. The number of imidazole rings is 1. The largest absolute Gasteiger partial charge is 0.341 e. The summed E-state index contributed by atoms with van der Waals surface area (Å²) >= 11 is 0. The van der Waals surface area contributed by atoms with E-state index in [1.54, 1.807) is 0 Å². The average molecular weight is 315 g/mol. The van der Waals surface area contributed by atoms with Crippen LogP contribution in [0.2, 0.25) is 0 Å². The maximum Gasteiger partial charge on any atom is 0.224 e. The summed E-state index contributed by atoms with van der Waals surface area (Å²) in [5, 5.41) is 4.43. The van der Waals surface area contributed by atoms with Crippen molar-refractivity contribution in [3.05, 3.63) is 35.7 Å². The minimum atomic E-state index is 0.222. The highest BCUT2D eigenvalue weighted by Crippen LogP contribution is 2.23. The quantitative estimate of drug-likeness (QED) is 0.869. The zero-order valence-corrected chi connectivity index (χ0v) is 14.2. The first-order chi connectivity index (χ1) is 11.0. The molecule has 23 heavy (non-hydrogen) atoms. The molecule has 6 nitrogen and oxygen atoms in total. The van der Waals surface area contributed by atoms with Crippen LogP contribution in [0.5, 0.6) is 0 Å². The van der Waals surface area contributed by atoms with Crippen molar-refractivity contribution in [2.75, 3.05) is 13.1 Å². The second-order valence-corrected chi connectivity index (χ2v) is 6.42. The van der Waals surface area contributed by atoms with Crippen molar-refractivity contribution in [1.29, 1.82) is 0 Å². The zero-order chi connectivity index (χ0) is 16.4. The Labute approximate surface area is 137 Å². The Balaban J connectivity index is 1.59. The van der Waals surface area contributed by atoms with Crippen molar-refractivity contribution in [3.63, 3.8) is 0 Å². The van der Waals surface area contributed by atoms with Crippen molar-refractivity contribution in [2.24, 2.45) is 0 Å². The zero-order valence-electron chi connectivity index (χ0n) is 14.2. The number of rotatable bonds is 4. The third kappa shape index (κ3) is 3.46. The van der Waals surface area contributed by atoms with Crippen molar-refractivity contribution >= 4 is 5.91 Å². The van der Waals surface area contributed by atoms with Crippen LogP contribution < -0.4 is 0 Å². The summed E-state index contributed by atoms with van der Waals surface area (Å²) in [5.41, 5.74) is 2.12. The van der Waals surface area contributed by atoms with Gasteiger partial charge in [0.2, 0.25) is 5.91 Å². The van der Waals surface area contributed by atoms with Gasteiger partial charge in [-0.25, -0.2) is 4.98 Å². The molecule has 0 spiro atoms.